The molecule has 1 heterocycles. The molecule has 1 saturated heterocycles. The molecule has 3 nitrogen and oxygen atoms in total. The van der Waals surface area contributed by atoms with Gasteiger partial charge in [0.2, 0.25) is 0 Å². The molecule has 0 bridgehead atoms. The molecule has 16 heavy (non-hydrogen) atoms. The van der Waals surface area contributed by atoms with Gasteiger partial charge in [-0.2, -0.15) is 0 Å². The molecule has 1 fully saturated rings. The van der Waals surface area contributed by atoms with Gasteiger partial charge in [0.15, 0.2) is 0 Å². The lowest BCUT2D eigenvalue weighted by Gasteiger charge is -2.17. The third-order valence-corrected chi connectivity index (χ3v) is 3.16. The number of likely N-dealkylation sites (tertiary alicyclic amines) is 1. The molecular formula is C11H11Cl2NO2. The normalized spacial score (nSPS) is 15.5. The van der Waals surface area contributed by atoms with Crippen molar-refractivity contribution in [3.8, 4) is 5.75 Å². The Morgan fingerprint density at radius 2 is 1.88 bits per heavy atom. The summed E-state index contributed by atoms with van der Waals surface area (Å²) in [5, 5.41) is 10.2. The number of phenols is 1. The number of nitrogens with zero attached hydrogens (tertiary/aromatic N) is 1. The first-order valence-electron chi connectivity index (χ1n) is 5.07. The predicted molar refractivity (Wildman–Crippen MR) is 63.3 cm³/mol. The molecule has 1 aliphatic heterocycles. The summed E-state index contributed by atoms with van der Waals surface area (Å²) in [4.78, 5) is 13.7. The molecule has 1 aromatic carbocycles. The maximum absolute atomic E-state index is 12.0. The largest absolute Gasteiger partial charge is 0.507 e. The highest BCUT2D eigenvalue weighted by atomic mass is 35.5. The lowest BCUT2D eigenvalue weighted by Crippen LogP contribution is -2.27. The van der Waals surface area contributed by atoms with E-state index in [0.717, 1.165) is 25.9 Å². The second-order valence-corrected chi connectivity index (χ2v) is 4.62. The Hall–Kier alpha value is -0.930. The second kappa shape index (κ2) is 4.52. The molecule has 0 aromatic heterocycles. The summed E-state index contributed by atoms with van der Waals surface area (Å²) in [6.07, 6.45) is 2.00. The third kappa shape index (κ3) is 2.11. The SMILES string of the molecule is O=C(c1c(O)cc(Cl)cc1Cl)N1CCCC1. The summed E-state index contributed by atoms with van der Waals surface area (Å²) >= 11 is 11.6. The van der Waals surface area contributed by atoms with Gasteiger partial charge in [-0.15, -0.1) is 0 Å². The van der Waals surface area contributed by atoms with Crippen LogP contribution >= 0.6 is 23.2 Å². The zero-order valence-corrected chi connectivity index (χ0v) is 10.1. The van der Waals surface area contributed by atoms with Crippen molar-refractivity contribution in [2.45, 2.75) is 12.8 Å². The fourth-order valence-electron chi connectivity index (χ4n) is 1.85. The number of rotatable bonds is 1. The molecule has 5 heteroatoms. The van der Waals surface area contributed by atoms with Crippen LogP contribution < -0.4 is 0 Å². The first kappa shape index (κ1) is 11.6. The number of carbonyl (C=O) groups excluding carboxylic acids is 1. The van der Waals surface area contributed by atoms with Crippen LogP contribution in [0.1, 0.15) is 23.2 Å². The molecule has 1 amide bonds. The molecule has 1 aliphatic rings. The number of hydrogen-bond acceptors (Lipinski definition) is 2. The Morgan fingerprint density at radius 1 is 1.25 bits per heavy atom. The average molecular weight is 260 g/mol. The van der Waals surface area contributed by atoms with E-state index in [-0.39, 0.29) is 22.2 Å². The molecule has 0 unspecified atom stereocenters. The molecule has 0 radical (unpaired) electrons. The molecule has 0 aliphatic carbocycles. The van der Waals surface area contributed by atoms with Crippen molar-refractivity contribution in [2.75, 3.05) is 13.1 Å². The van der Waals surface area contributed by atoms with Crippen LogP contribution in [0.2, 0.25) is 10.0 Å². The number of hydrogen-bond donors (Lipinski definition) is 1. The zero-order valence-electron chi connectivity index (χ0n) is 8.54. The number of benzene rings is 1. The number of carbonyl (C=O) groups is 1. The van der Waals surface area contributed by atoms with Gasteiger partial charge in [-0.05, 0) is 25.0 Å². The lowest BCUT2D eigenvalue weighted by atomic mass is 10.1. The fraction of sp³-hybridized carbons (Fsp3) is 0.364. The van der Waals surface area contributed by atoms with E-state index in [9.17, 15) is 9.90 Å². The summed E-state index contributed by atoms with van der Waals surface area (Å²) in [6.45, 7) is 1.44. The van der Waals surface area contributed by atoms with Gasteiger partial charge >= 0.3 is 0 Å². The van der Waals surface area contributed by atoms with Gasteiger partial charge in [-0.25, -0.2) is 0 Å². The van der Waals surface area contributed by atoms with Crippen molar-refractivity contribution in [3.05, 3.63) is 27.7 Å². The average Bonchev–Trinajstić information content (AvgIpc) is 2.67. The van der Waals surface area contributed by atoms with Gasteiger partial charge < -0.3 is 10.0 Å². The number of amides is 1. The van der Waals surface area contributed by atoms with Crippen molar-refractivity contribution < 1.29 is 9.90 Å². The zero-order chi connectivity index (χ0) is 11.7. The third-order valence-electron chi connectivity index (χ3n) is 2.64. The predicted octanol–water partition coefficient (Wildman–Crippen LogP) is 2.94. The molecule has 1 N–H and O–H groups in total. The quantitative estimate of drug-likeness (QED) is 0.843. The Balaban J connectivity index is 2.35. The maximum Gasteiger partial charge on any atom is 0.259 e. The Bertz CT molecular complexity index is 405. The number of phenolic OH excluding ortho intramolecular Hbond substituents is 1. The van der Waals surface area contributed by atoms with Gasteiger partial charge in [0.1, 0.15) is 5.75 Å². The van der Waals surface area contributed by atoms with Crippen LogP contribution in [0.4, 0.5) is 0 Å². The van der Waals surface area contributed by atoms with E-state index in [0.29, 0.717) is 5.02 Å². The van der Waals surface area contributed by atoms with E-state index in [4.69, 9.17) is 23.2 Å². The van der Waals surface area contributed by atoms with Crippen LogP contribution in [-0.2, 0) is 0 Å². The first-order valence-corrected chi connectivity index (χ1v) is 5.82. The van der Waals surface area contributed by atoms with Crippen molar-refractivity contribution in [3.63, 3.8) is 0 Å². The first-order chi connectivity index (χ1) is 7.59. The minimum Gasteiger partial charge on any atom is -0.507 e. The van der Waals surface area contributed by atoms with Gasteiger partial charge in [-0.3, -0.25) is 4.79 Å². The molecule has 0 spiro atoms. The summed E-state index contributed by atoms with van der Waals surface area (Å²) in [5.41, 5.74) is 0.146. The van der Waals surface area contributed by atoms with E-state index in [2.05, 4.69) is 0 Å². The molecule has 0 atom stereocenters. The van der Waals surface area contributed by atoms with Gasteiger partial charge in [-0.1, -0.05) is 23.2 Å². The van der Waals surface area contributed by atoms with Crippen LogP contribution in [0.25, 0.3) is 0 Å². The number of halogens is 2. The summed E-state index contributed by atoms with van der Waals surface area (Å²) in [7, 11) is 0. The van der Waals surface area contributed by atoms with Gasteiger partial charge in [0.05, 0.1) is 10.6 Å². The Labute approximate surface area is 104 Å². The number of aromatic hydroxyl groups is 1. The minimum atomic E-state index is -0.225. The van der Waals surface area contributed by atoms with E-state index in [1.165, 1.54) is 12.1 Å². The lowest BCUT2D eigenvalue weighted by molar-refractivity contribution is 0.0790. The molecule has 2 rings (SSSR count). The van der Waals surface area contributed by atoms with E-state index in [1.807, 2.05) is 0 Å². The van der Waals surface area contributed by atoms with E-state index >= 15 is 0 Å². The van der Waals surface area contributed by atoms with Crippen molar-refractivity contribution in [1.82, 2.24) is 4.90 Å². The monoisotopic (exact) mass is 259 g/mol. The van der Waals surface area contributed by atoms with E-state index < -0.39 is 0 Å². The fourth-order valence-corrected chi connectivity index (χ4v) is 2.41. The van der Waals surface area contributed by atoms with Crippen LogP contribution in [0.3, 0.4) is 0 Å². The topological polar surface area (TPSA) is 40.5 Å². The van der Waals surface area contributed by atoms with Crippen LogP contribution in [0.5, 0.6) is 5.75 Å². The minimum absolute atomic E-state index is 0.146. The Kier molecular flexibility index (Phi) is 3.26. The standard InChI is InChI=1S/C11H11Cl2NO2/c12-7-5-8(13)10(9(15)6-7)11(16)14-3-1-2-4-14/h5-6,15H,1-4H2. The highest BCUT2D eigenvalue weighted by molar-refractivity contribution is 6.37. The van der Waals surface area contributed by atoms with Crippen molar-refractivity contribution >= 4 is 29.1 Å². The summed E-state index contributed by atoms with van der Waals surface area (Å²) in [5.74, 6) is -0.383. The summed E-state index contributed by atoms with van der Waals surface area (Å²) < 4.78 is 0. The molecule has 0 saturated carbocycles. The maximum atomic E-state index is 12.0. The van der Waals surface area contributed by atoms with E-state index in [1.54, 1.807) is 4.90 Å². The highest BCUT2D eigenvalue weighted by Crippen LogP contribution is 2.31. The highest BCUT2D eigenvalue weighted by Gasteiger charge is 2.24. The molecular weight excluding hydrogens is 249 g/mol. The van der Waals surface area contributed by atoms with Crippen LogP contribution in [0.15, 0.2) is 12.1 Å². The smallest absolute Gasteiger partial charge is 0.259 e. The molecule has 86 valence electrons. The van der Waals surface area contributed by atoms with Crippen molar-refractivity contribution in [2.24, 2.45) is 0 Å². The van der Waals surface area contributed by atoms with Gasteiger partial charge in [0.25, 0.3) is 5.91 Å². The van der Waals surface area contributed by atoms with Crippen LogP contribution in [-0.4, -0.2) is 29.0 Å². The van der Waals surface area contributed by atoms with Crippen LogP contribution in [0, 0.1) is 0 Å². The summed E-state index contributed by atoms with van der Waals surface area (Å²) in [6, 6.07) is 2.79. The van der Waals surface area contributed by atoms with Gasteiger partial charge in [0, 0.05) is 18.1 Å². The molecule has 1 aromatic rings. The second-order valence-electron chi connectivity index (χ2n) is 3.78. The Morgan fingerprint density at radius 3 is 2.44 bits per heavy atom. The van der Waals surface area contributed by atoms with Crippen molar-refractivity contribution in [1.29, 1.82) is 0 Å².